The number of fused-ring (bicyclic) bond motifs is 6. The van der Waals surface area contributed by atoms with Crippen molar-refractivity contribution >= 4 is 56.1 Å². The lowest BCUT2D eigenvalue weighted by atomic mass is 9.82. The molecule has 5 atom stereocenters. The number of hydrogen-bond donors (Lipinski definition) is 0. The van der Waals surface area contributed by atoms with Gasteiger partial charge in [-0.1, -0.05) is 83.4 Å². The van der Waals surface area contributed by atoms with Crippen molar-refractivity contribution in [3.8, 4) is 11.3 Å². The maximum Gasteiger partial charge on any atom is 0.339 e. The predicted octanol–water partition coefficient (Wildman–Crippen LogP) is 7.57. The number of ether oxygens (including phenoxy) is 1. The highest BCUT2D eigenvalue weighted by Crippen LogP contribution is 2.56. The molecule has 7 rings (SSSR count). The van der Waals surface area contributed by atoms with Crippen LogP contribution >= 0.6 is 15.9 Å². The first-order valence-corrected chi connectivity index (χ1v) is 16.1. The van der Waals surface area contributed by atoms with Crippen LogP contribution in [-0.2, 0) is 14.3 Å². The third-order valence-corrected chi connectivity index (χ3v) is 9.94. The minimum Gasteiger partial charge on any atom is -0.450 e. The maximum absolute atomic E-state index is 13.7. The monoisotopic (exact) mass is 662 g/mol. The van der Waals surface area contributed by atoms with E-state index >= 15 is 0 Å². The Labute approximate surface area is 269 Å². The second kappa shape index (κ2) is 11.5. The van der Waals surface area contributed by atoms with Gasteiger partial charge in [0.15, 0.2) is 6.10 Å². The van der Waals surface area contributed by atoms with E-state index in [0.717, 1.165) is 10.9 Å². The Morgan fingerprint density at radius 1 is 0.978 bits per heavy atom. The molecule has 4 aromatic rings. The van der Waals surface area contributed by atoms with Gasteiger partial charge in [0.1, 0.15) is 0 Å². The van der Waals surface area contributed by atoms with Crippen LogP contribution in [0.25, 0.3) is 22.2 Å². The van der Waals surface area contributed by atoms with Gasteiger partial charge in [-0.25, -0.2) is 9.78 Å². The van der Waals surface area contributed by atoms with E-state index in [1.165, 1.54) is 10.5 Å². The van der Waals surface area contributed by atoms with Gasteiger partial charge in [-0.2, -0.15) is 0 Å². The van der Waals surface area contributed by atoms with Crippen molar-refractivity contribution in [1.29, 1.82) is 0 Å². The number of rotatable bonds is 8. The Hall–Kier alpha value is -4.43. The van der Waals surface area contributed by atoms with Crippen LogP contribution in [0, 0.1) is 23.7 Å². The molecule has 5 unspecified atom stereocenters. The molecule has 1 aromatic heterocycles. The first-order valence-electron chi connectivity index (χ1n) is 15.3. The zero-order valence-electron chi connectivity index (χ0n) is 24.9. The fraction of sp³-hybridized carbons (Fsp3) is 0.270. The fourth-order valence-electron chi connectivity index (χ4n) is 7.31. The van der Waals surface area contributed by atoms with Crippen LogP contribution in [0.15, 0.2) is 95.0 Å². The molecule has 0 radical (unpaired) electrons. The van der Waals surface area contributed by atoms with Gasteiger partial charge in [-0.15, -0.1) is 0 Å². The molecule has 1 saturated heterocycles. The molecule has 2 fully saturated rings. The van der Waals surface area contributed by atoms with Gasteiger partial charge in [0.2, 0.25) is 17.6 Å². The molecule has 0 N–H and O–H groups in total. The van der Waals surface area contributed by atoms with Crippen molar-refractivity contribution in [2.24, 2.45) is 23.7 Å². The van der Waals surface area contributed by atoms with Crippen molar-refractivity contribution in [2.45, 2.75) is 39.2 Å². The van der Waals surface area contributed by atoms with E-state index in [-0.39, 0.29) is 41.3 Å². The largest absolute Gasteiger partial charge is 0.450 e. The van der Waals surface area contributed by atoms with Crippen molar-refractivity contribution in [3.63, 3.8) is 0 Å². The standard InChI is InChI=1S/C37H31BrN2O5/c1-3-7-31(34(41)22-8-5-4-6-9-22)45-37(44)28-19-30(39-29-15-12-24(38)18-27(28)29)21-10-13-25(14-11-21)40-35(42)32-23-16-20(2)26(17-23)33(32)36(40)43/h4-6,8-16,18-19,23,26,31-33H,3,7,17H2,1-2H3. The molecule has 3 aromatic carbocycles. The normalized spacial score (nSPS) is 22.5. The average Bonchev–Trinajstić information content (AvgIpc) is 3.69. The first-order chi connectivity index (χ1) is 21.7. The van der Waals surface area contributed by atoms with E-state index in [0.29, 0.717) is 51.8 Å². The van der Waals surface area contributed by atoms with Crippen molar-refractivity contribution in [3.05, 3.63) is 106 Å². The highest BCUT2D eigenvalue weighted by atomic mass is 79.9. The zero-order chi connectivity index (χ0) is 31.4. The average molecular weight is 664 g/mol. The molecule has 45 heavy (non-hydrogen) atoms. The number of halogens is 1. The molecule has 0 spiro atoms. The number of ketones is 1. The van der Waals surface area contributed by atoms with E-state index in [2.05, 4.69) is 28.9 Å². The molecule has 2 bridgehead atoms. The molecule has 226 valence electrons. The SMILES string of the molecule is CCCC(OC(=O)c1cc(-c2ccc(N3C(=O)C4C5C=C(C)C(C5)C4C3=O)cc2)nc2ccc(Br)cc12)C(=O)c1ccccc1. The van der Waals surface area contributed by atoms with E-state index in [9.17, 15) is 19.2 Å². The van der Waals surface area contributed by atoms with Crippen LogP contribution in [0.4, 0.5) is 5.69 Å². The molecule has 2 heterocycles. The molecule has 1 saturated carbocycles. The number of pyridine rings is 1. The Morgan fingerprint density at radius 3 is 2.44 bits per heavy atom. The number of benzene rings is 3. The lowest BCUT2D eigenvalue weighted by Crippen LogP contribution is -2.32. The lowest BCUT2D eigenvalue weighted by molar-refractivity contribution is -0.123. The van der Waals surface area contributed by atoms with E-state index < -0.39 is 12.1 Å². The summed E-state index contributed by atoms with van der Waals surface area (Å²) in [5.74, 6) is -1.35. The summed E-state index contributed by atoms with van der Waals surface area (Å²) in [5.41, 5.74) is 4.35. The van der Waals surface area contributed by atoms with Crippen molar-refractivity contribution in [1.82, 2.24) is 4.98 Å². The number of anilines is 1. The molecule has 2 aliphatic carbocycles. The van der Waals surface area contributed by atoms with Crippen LogP contribution in [0.1, 0.15) is 53.8 Å². The van der Waals surface area contributed by atoms with Gasteiger partial charge in [-0.05, 0) is 68.0 Å². The van der Waals surface area contributed by atoms with E-state index in [4.69, 9.17) is 9.72 Å². The number of carbonyl (C=O) groups excluding carboxylic acids is 4. The Kier molecular flexibility index (Phi) is 7.48. The summed E-state index contributed by atoms with van der Waals surface area (Å²) in [6.07, 6.45) is 3.19. The van der Waals surface area contributed by atoms with Gasteiger partial charge < -0.3 is 4.74 Å². The molecule has 8 heteroatoms. The number of esters is 1. The summed E-state index contributed by atoms with van der Waals surface area (Å²) in [6, 6.07) is 23.1. The Bertz CT molecular complexity index is 1900. The summed E-state index contributed by atoms with van der Waals surface area (Å²) in [6.45, 7) is 4.00. The number of aromatic nitrogens is 1. The number of carbonyl (C=O) groups is 4. The molecule has 2 amide bonds. The quantitative estimate of drug-likeness (QED) is 0.0836. The van der Waals surface area contributed by atoms with E-state index in [1.807, 2.05) is 43.3 Å². The third-order valence-electron chi connectivity index (χ3n) is 9.44. The highest BCUT2D eigenvalue weighted by Gasteiger charge is 2.60. The number of allylic oxidation sites excluding steroid dienone is 2. The van der Waals surface area contributed by atoms with Crippen molar-refractivity contribution < 1.29 is 23.9 Å². The van der Waals surface area contributed by atoms with Gasteiger partial charge in [0, 0.05) is 21.0 Å². The second-order valence-electron chi connectivity index (χ2n) is 12.2. The lowest BCUT2D eigenvalue weighted by Gasteiger charge is -2.19. The molecular weight excluding hydrogens is 632 g/mol. The number of nitrogens with zero attached hydrogens (tertiary/aromatic N) is 2. The topological polar surface area (TPSA) is 93.6 Å². The van der Waals surface area contributed by atoms with Crippen LogP contribution in [0.2, 0.25) is 0 Å². The minimum absolute atomic E-state index is 0.121. The summed E-state index contributed by atoms with van der Waals surface area (Å²) < 4.78 is 6.67. The highest BCUT2D eigenvalue weighted by molar-refractivity contribution is 9.10. The van der Waals surface area contributed by atoms with Crippen LogP contribution < -0.4 is 4.90 Å². The fourth-order valence-corrected chi connectivity index (χ4v) is 7.67. The molecule has 1 aliphatic heterocycles. The third kappa shape index (κ3) is 5.01. The van der Waals surface area contributed by atoms with Crippen LogP contribution in [-0.4, -0.2) is 34.7 Å². The smallest absolute Gasteiger partial charge is 0.339 e. The summed E-state index contributed by atoms with van der Waals surface area (Å²) in [7, 11) is 0. The zero-order valence-corrected chi connectivity index (χ0v) is 26.5. The number of hydrogen-bond acceptors (Lipinski definition) is 6. The number of imide groups is 1. The predicted molar refractivity (Wildman–Crippen MR) is 175 cm³/mol. The summed E-state index contributed by atoms with van der Waals surface area (Å²) >= 11 is 3.49. The molecule has 3 aliphatic rings. The Balaban J connectivity index is 1.19. The summed E-state index contributed by atoms with van der Waals surface area (Å²) in [4.78, 5) is 60.0. The number of Topliss-reactive ketones (excluding diaryl/α,β-unsaturated/α-hetero) is 1. The Morgan fingerprint density at radius 2 is 1.71 bits per heavy atom. The minimum atomic E-state index is -0.924. The summed E-state index contributed by atoms with van der Waals surface area (Å²) in [5, 5.41) is 0.593. The second-order valence-corrected chi connectivity index (χ2v) is 13.1. The van der Waals surface area contributed by atoms with Crippen LogP contribution in [0.3, 0.4) is 0 Å². The van der Waals surface area contributed by atoms with Gasteiger partial charge in [-0.3, -0.25) is 19.3 Å². The van der Waals surface area contributed by atoms with Crippen molar-refractivity contribution in [2.75, 3.05) is 4.90 Å². The van der Waals surface area contributed by atoms with Gasteiger partial charge in [0.05, 0.1) is 34.3 Å². The van der Waals surface area contributed by atoms with Crippen LogP contribution in [0.5, 0.6) is 0 Å². The van der Waals surface area contributed by atoms with Gasteiger partial charge >= 0.3 is 5.97 Å². The van der Waals surface area contributed by atoms with E-state index in [1.54, 1.807) is 42.5 Å². The number of amides is 2. The molecule has 7 nitrogen and oxygen atoms in total. The van der Waals surface area contributed by atoms with Gasteiger partial charge in [0.25, 0.3) is 0 Å². The first kappa shape index (κ1) is 29.3. The molecular formula is C37H31BrN2O5. The maximum atomic E-state index is 13.7.